The van der Waals surface area contributed by atoms with E-state index in [0.29, 0.717) is 5.92 Å². The standard InChI is InChI=1S/C18H21N3/c1-2-12-3-5-14(6-4-12)18-20-16-9-10-19-11-15(16)17(21-18)13-7-8-13/h3-6,13,19H,2,7-11H2,1H3. The first-order chi connectivity index (χ1) is 10.3. The van der Waals surface area contributed by atoms with Gasteiger partial charge >= 0.3 is 0 Å². The number of nitrogens with one attached hydrogen (secondary N) is 1. The van der Waals surface area contributed by atoms with Crippen molar-refractivity contribution in [1.82, 2.24) is 15.3 Å². The van der Waals surface area contributed by atoms with Crippen LogP contribution in [0.3, 0.4) is 0 Å². The van der Waals surface area contributed by atoms with E-state index in [1.165, 1.54) is 35.4 Å². The molecule has 21 heavy (non-hydrogen) atoms. The average Bonchev–Trinajstić information content (AvgIpc) is 3.39. The predicted molar refractivity (Wildman–Crippen MR) is 84.2 cm³/mol. The summed E-state index contributed by atoms with van der Waals surface area (Å²) < 4.78 is 0. The first-order valence-corrected chi connectivity index (χ1v) is 8.05. The topological polar surface area (TPSA) is 37.8 Å². The van der Waals surface area contributed by atoms with E-state index in [9.17, 15) is 0 Å². The Kier molecular flexibility index (Phi) is 3.23. The van der Waals surface area contributed by atoms with Gasteiger partial charge in [0.1, 0.15) is 0 Å². The van der Waals surface area contributed by atoms with Gasteiger partial charge in [-0.15, -0.1) is 0 Å². The van der Waals surface area contributed by atoms with Crippen LogP contribution in [0, 0.1) is 0 Å². The summed E-state index contributed by atoms with van der Waals surface area (Å²) in [5.41, 5.74) is 6.46. The van der Waals surface area contributed by atoms with Crippen LogP contribution in [0.4, 0.5) is 0 Å². The van der Waals surface area contributed by atoms with Crippen molar-refractivity contribution >= 4 is 0 Å². The van der Waals surface area contributed by atoms with Gasteiger partial charge in [-0.25, -0.2) is 9.97 Å². The first-order valence-electron chi connectivity index (χ1n) is 8.05. The Hall–Kier alpha value is -1.74. The molecule has 0 atom stereocenters. The van der Waals surface area contributed by atoms with Crippen molar-refractivity contribution < 1.29 is 0 Å². The number of hydrogen-bond acceptors (Lipinski definition) is 3. The van der Waals surface area contributed by atoms with Gasteiger partial charge < -0.3 is 5.32 Å². The zero-order valence-electron chi connectivity index (χ0n) is 12.5. The van der Waals surface area contributed by atoms with Gasteiger partial charge in [0.2, 0.25) is 0 Å². The van der Waals surface area contributed by atoms with Crippen LogP contribution in [0.2, 0.25) is 0 Å². The molecule has 4 rings (SSSR count). The number of benzene rings is 1. The highest BCUT2D eigenvalue weighted by molar-refractivity contribution is 5.57. The second kappa shape index (κ2) is 5.23. The number of hydrogen-bond donors (Lipinski definition) is 1. The minimum Gasteiger partial charge on any atom is -0.312 e. The van der Waals surface area contributed by atoms with Gasteiger partial charge in [-0.1, -0.05) is 31.2 Å². The minimum atomic E-state index is 0.676. The zero-order valence-corrected chi connectivity index (χ0v) is 12.5. The Labute approximate surface area is 125 Å². The minimum absolute atomic E-state index is 0.676. The molecule has 2 aliphatic rings. The molecule has 3 nitrogen and oxygen atoms in total. The fourth-order valence-electron chi connectivity index (χ4n) is 3.08. The maximum Gasteiger partial charge on any atom is 0.159 e. The van der Waals surface area contributed by atoms with Crippen LogP contribution < -0.4 is 5.32 Å². The lowest BCUT2D eigenvalue weighted by atomic mass is 10.0. The number of rotatable bonds is 3. The Balaban J connectivity index is 1.79. The number of nitrogens with zero attached hydrogens (tertiary/aromatic N) is 2. The van der Waals surface area contributed by atoms with E-state index >= 15 is 0 Å². The molecule has 3 heteroatoms. The van der Waals surface area contributed by atoms with Gasteiger partial charge in [-0.3, -0.25) is 0 Å². The molecule has 108 valence electrons. The third kappa shape index (κ3) is 2.46. The van der Waals surface area contributed by atoms with E-state index in [2.05, 4.69) is 36.5 Å². The van der Waals surface area contributed by atoms with Crippen LogP contribution in [-0.4, -0.2) is 16.5 Å². The Morgan fingerprint density at radius 3 is 2.67 bits per heavy atom. The second-order valence-electron chi connectivity index (χ2n) is 6.11. The summed E-state index contributed by atoms with van der Waals surface area (Å²) in [6.07, 6.45) is 4.68. The summed E-state index contributed by atoms with van der Waals surface area (Å²) in [7, 11) is 0. The molecule has 1 aromatic carbocycles. The van der Waals surface area contributed by atoms with E-state index in [-0.39, 0.29) is 0 Å². The molecule has 0 radical (unpaired) electrons. The summed E-state index contributed by atoms with van der Waals surface area (Å²) >= 11 is 0. The van der Waals surface area contributed by atoms with E-state index in [4.69, 9.17) is 9.97 Å². The van der Waals surface area contributed by atoms with Gasteiger partial charge in [0.05, 0.1) is 11.4 Å². The number of fused-ring (bicyclic) bond motifs is 1. The third-order valence-corrected chi connectivity index (χ3v) is 4.55. The van der Waals surface area contributed by atoms with Crippen molar-refractivity contribution in [3.8, 4) is 11.4 Å². The molecule has 1 N–H and O–H groups in total. The molecule has 0 unspecified atom stereocenters. The normalized spacial score (nSPS) is 17.6. The molecule has 0 spiro atoms. The summed E-state index contributed by atoms with van der Waals surface area (Å²) in [4.78, 5) is 9.78. The van der Waals surface area contributed by atoms with Crippen molar-refractivity contribution in [3.63, 3.8) is 0 Å². The van der Waals surface area contributed by atoms with Crippen LogP contribution in [0.15, 0.2) is 24.3 Å². The van der Waals surface area contributed by atoms with Crippen LogP contribution in [0.5, 0.6) is 0 Å². The second-order valence-corrected chi connectivity index (χ2v) is 6.11. The quantitative estimate of drug-likeness (QED) is 0.937. The SMILES string of the molecule is CCc1ccc(-c2nc3c(c(C4CC4)n2)CNCC3)cc1. The van der Waals surface area contributed by atoms with E-state index in [1.54, 1.807) is 0 Å². The fourth-order valence-corrected chi connectivity index (χ4v) is 3.08. The Morgan fingerprint density at radius 1 is 1.14 bits per heavy atom. The van der Waals surface area contributed by atoms with E-state index in [0.717, 1.165) is 37.3 Å². The largest absolute Gasteiger partial charge is 0.312 e. The van der Waals surface area contributed by atoms with Crippen molar-refractivity contribution in [2.75, 3.05) is 6.54 Å². The zero-order chi connectivity index (χ0) is 14.2. The van der Waals surface area contributed by atoms with E-state index < -0.39 is 0 Å². The molecule has 1 aliphatic carbocycles. The highest BCUT2D eigenvalue weighted by atomic mass is 15.0. The molecule has 2 heterocycles. The highest BCUT2D eigenvalue weighted by Gasteiger charge is 2.30. The predicted octanol–water partition coefficient (Wildman–Crippen LogP) is 3.23. The lowest BCUT2D eigenvalue weighted by Gasteiger charge is -2.20. The smallest absolute Gasteiger partial charge is 0.159 e. The first kappa shape index (κ1) is 13.0. The number of aryl methyl sites for hydroxylation is 1. The van der Waals surface area contributed by atoms with Gasteiger partial charge in [0.25, 0.3) is 0 Å². The van der Waals surface area contributed by atoms with Crippen LogP contribution in [0.25, 0.3) is 11.4 Å². The summed E-state index contributed by atoms with van der Waals surface area (Å²) in [6.45, 7) is 4.15. The molecule has 0 bridgehead atoms. The molecule has 1 saturated carbocycles. The average molecular weight is 279 g/mol. The van der Waals surface area contributed by atoms with Crippen molar-refractivity contribution in [3.05, 3.63) is 46.8 Å². The Bertz CT molecular complexity index is 657. The molecule has 1 aliphatic heterocycles. The maximum absolute atomic E-state index is 4.92. The summed E-state index contributed by atoms with van der Waals surface area (Å²) in [5, 5.41) is 3.46. The van der Waals surface area contributed by atoms with Crippen LogP contribution in [-0.2, 0) is 19.4 Å². The molecule has 2 aromatic rings. The number of aromatic nitrogens is 2. The lowest BCUT2D eigenvalue weighted by molar-refractivity contribution is 0.617. The lowest BCUT2D eigenvalue weighted by Crippen LogP contribution is -2.26. The van der Waals surface area contributed by atoms with Crippen LogP contribution >= 0.6 is 0 Å². The summed E-state index contributed by atoms with van der Waals surface area (Å²) in [6, 6.07) is 8.71. The fraction of sp³-hybridized carbons (Fsp3) is 0.444. The molecule has 0 saturated heterocycles. The molecule has 0 amide bonds. The highest BCUT2D eigenvalue weighted by Crippen LogP contribution is 2.42. The van der Waals surface area contributed by atoms with Gasteiger partial charge in [-0.2, -0.15) is 0 Å². The van der Waals surface area contributed by atoms with Gasteiger partial charge in [-0.05, 0) is 24.8 Å². The molecule has 1 aromatic heterocycles. The van der Waals surface area contributed by atoms with Crippen molar-refractivity contribution in [1.29, 1.82) is 0 Å². The van der Waals surface area contributed by atoms with E-state index in [1.807, 2.05) is 0 Å². The van der Waals surface area contributed by atoms with Gasteiger partial charge in [0.15, 0.2) is 5.82 Å². The van der Waals surface area contributed by atoms with Crippen molar-refractivity contribution in [2.24, 2.45) is 0 Å². The molecule has 1 fully saturated rings. The van der Waals surface area contributed by atoms with Crippen LogP contribution in [0.1, 0.15) is 48.2 Å². The van der Waals surface area contributed by atoms with Crippen molar-refractivity contribution in [2.45, 2.75) is 45.1 Å². The molecular weight excluding hydrogens is 258 g/mol. The Morgan fingerprint density at radius 2 is 1.95 bits per heavy atom. The third-order valence-electron chi connectivity index (χ3n) is 4.55. The maximum atomic E-state index is 4.92. The summed E-state index contributed by atoms with van der Waals surface area (Å²) in [5.74, 6) is 1.59. The van der Waals surface area contributed by atoms with Gasteiger partial charge in [0, 0.05) is 36.6 Å². The molecular formula is C18H21N3. The monoisotopic (exact) mass is 279 g/mol.